The highest BCUT2D eigenvalue weighted by Crippen LogP contribution is 2.29. The van der Waals surface area contributed by atoms with E-state index in [0.717, 1.165) is 22.9 Å². The van der Waals surface area contributed by atoms with E-state index in [1.165, 1.54) is 24.4 Å². The van der Waals surface area contributed by atoms with Gasteiger partial charge in [-0.3, -0.25) is 8.75 Å². The molecular formula is C15H20ClNOS. The van der Waals surface area contributed by atoms with Crippen LogP contribution in [0.1, 0.15) is 46.5 Å². The Labute approximate surface area is 123 Å². The van der Waals surface area contributed by atoms with E-state index in [9.17, 15) is 4.79 Å². The Morgan fingerprint density at radius 2 is 2.05 bits per heavy atom. The molecular weight excluding hydrogens is 278 g/mol. The van der Waals surface area contributed by atoms with Gasteiger partial charge in [0.05, 0.1) is 15.6 Å². The van der Waals surface area contributed by atoms with Gasteiger partial charge in [0.15, 0.2) is 0 Å². The Balaban J connectivity index is 2.39. The summed E-state index contributed by atoms with van der Waals surface area (Å²) < 4.78 is 2.88. The first-order chi connectivity index (χ1) is 8.95. The molecule has 0 saturated carbocycles. The first kappa shape index (κ1) is 14.6. The normalized spacial score (nSPS) is 12.2. The van der Waals surface area contributed by atoms with Crippen LogP contribution >= 0.6 is 23.1 Å². The Hall–Kier alpha value is -0.800. The zero-order chi connectivity index (χ0) is 14.0. The Bertz CT molecular complexity index is 627. The van der Waals surface area contributed by atoms with Gasteiger partial charge in [0.25, 0.3) is 5.56 Å². The van der Waals surface area contributed by atoms with Crippen LogP contribution in [0.2, 0.25) is 5.02 Å². The summed E-state index contributed by atoms with van der Waals surface area (Å²) in [4.78, 5) is 12.4. The molecule has 0 N–H and O–H groups in total. The fraction of sp³-hybridized carbons (Fsp3) is 0.533. The van der Waals surface area contributed by atoms with Gasteiger partial charge >= 0.3 is 0 Å². The van der Waals surface area contributed by atoms with Gasteiger partial charge in [0.1, 0.15) is 0 Å². The molecule has 0 atom stereocenters. The van der Waals surface area contributed by atoms with Crippen LogP contribution in [0.3, 0.4) is 0 Å². The molecule has 0 radical (unpaired) electrons. The van der Waals surface area contributed by atoms with E-state index >= 15 is 0 Å². The maximum atomic E-state index is 12.4. The monoisotopic (exact) mass is 297 g/mol. The van der Waals surface area contributed by atoms with E-state index in [0.29, 0.717) is 5.02 Å². The molecule has 19 heavy (non-hydrogen) atoms. The second-order valence-corrected chi connectivity index (χ2v) is 7.02. The van der Waals surface area contributed by atoms with Crippen molar-refractivity contribution in [2.75, 3.05) is 0 Å². The number of hydrogen-bond acceptors (Lipinski definition) is 2. The third-order valence-electron chi connectivity index (χ3n) is 3.49. The van der Waals surface area contributed by atoms with Crippen LogP contribution in [0, 0.1) is 0 Å². The molecule has 0 unspecified atom stereocenters. The van der Waals surface area contributed by atoms with Crippen molar-refractivity contribution >= 4 is 33.2 Å². The maximum absolute atomic E-state index is 12.4. The summed E-state index contributed by atoms with van der Waals surface area (Å²) in [5, 5.41) is 1.46. The summed E-state index contributed by atoms with van der Waals surface area (Å²) in [5.41, 5.74) is -0.0132. The van der Waals surface area contributed by atoms with Crippen molar-refractivity contribution in [2.45, 2.75) is 52.0 Å². The topological polar surface area (TPSA) is 22.0 Å². The van der Waals surface area contributed by atoms with Gasteiger partial charge in [-0.1, -0.05) is 49.3 Å². The fourth-order valence-corrected chi connectivity index (χ4v) is 3.69. The number of nitrogens with zero attached hydrogens (tertiary/aromatic N) is 1. The highest BCUT2D eigenvalue weighted by Gasteiger charge is 2.24. The van der Waals surface area contributed by atoms with Crippen molar-refractivity contribution in [3.63, 3.8) is 0 Å². The SMILES string of the molecule is CCCCCC(C)(C)n1sc2cc(Cl)ccc2c1=O. The third-order valence-corrected chi connectivity index (χ3v) is 5.10. The summed E-state index contributed by atoms with van der Waals surface area (Å²) in [7, 11) is 0. The van der Waals surface area contributed by atoms with Gasteiger partial charge in [0, 0.05) is 5.02 Å². The van der Waals surface area contributed by atoms with Crippen LogP contribution in [-0.2, 0) is 5.54 Å². The van der Waals surface area contributed by atoms with Gasteiger partial charge in [-0.25, -0.2) is 0 Å². The molecule has 0 aliphatic carbocycles. The number of rotatable bonds is 5. The standard InChI is InChI=1S/C15H20ClNOS/c1-4-5-6-9-15(2,3)17-14(18)12-8-7-11(16)10-13(12)19-17/h7-8,10H,4-6,9H2,1-3H3. The highest BCUT2D eigenvalue weighted by molar-refractivity contribution is 7.14. The minimum absolute atomic E-state index is 0.109. The molecule has 0 amide bonds. The number of halogens is 1. The minimum Gasteiger partial charge on any atom is -0.268 e. The quantitative estimate of drug-likeness (QED) is 0.709. The van der Waals surface area contributed by atoms with Crippen molar-refractivity contribution in [3.05, 3.63) is 33.6 Å². The number of aromatic nitrogens is 1. The van der Waals surface area contributed by atoms with Crippen molar-refractivity contribution in [2.24, 2.45) is 0 Å². The largest absolute Gasteiger partial charge is 0.269 e. The third kappa shape index (κ3) is 3.03. The molecule has 0 aliphatic heterocycles. The molecule has 2 nitrogen and oxygen atoms in total. The van der Waals surface area contributed by atoms with Crippen LogP contribution < -0.4 is 5.56 Å². The van der Waals surface area contributed by atoms with Crippen LogP contribution in [0.15, 0.2) is 23.0 Å². The first-order valence-corrected chi connectivity index (χ1v) is 7.93. The van der Waals surface area contributed by atoms with Gasteiger partial charge < -0.3 is 0 Å². The average Bonchev–Trinajstić information content (AvgIpc) is 2.67. The Morgan fingerprint density at radius 1 is 1.32 bits per heavy atom. The molecule has 0 bridgehead atoms. The predicted octanol–water partition coefficient (Wildman–Crippen LogP) is 5.03. The molecule has 2 aromatic rings. The zero-order valence-electron chi connectivity index (χ0n) is 11.7. The molecule has 1 heterocycles. The summed E-state index contributed by atoms with van der Waals surface area (Å²) in [6.07, 6.45) is 4.61. The summed E-state index contributed by atoms with van der Waals surface area (Å²) >= 11 is 7.52. The molecule has 104 valence electrons. The lowest BCUT2D eigenvalue weighted by Gasteiger charge is -2.24. The molecule has 1 aromatic heterocycles. The number of fused-ring (bicyclic) bond motifs is 1. The van der Waals surface area contributed by atoms with Crippen molar-refractivity contribution in [3.8, 4) is 0 Å². The van der Waals surface area contributed by atoms with E-state index in [-0.39, 0.29) is 11.1 Å². The number of benzene rings is 1. The molecule has 4 heteroatoms. The lowest BCUT2D eigenvalue weighted by Crippen LogP contribution is -2.32. The van der Waals surface area contributed by atoms with E-state index in [4.69, 9.17) is 11.6 Å². The lowest BCUT2D eigenvalue weighted by atomic mass is 9.97. The van der Waals surface area contributed by atoms with E-state index in [1.54, 1.807) is 6.07 Å². The Kier molecular flexibility index (Phi) is 4.36. The van der Waals surface area contributed by atoms with Crippen LogP contribution in [0.5, 0.6) is 0 Å². The second kappa shape index (κ2) is 5.68. The van der Waals surface area contributed by atoms with Crippen molar-refractivity contribution < 1.29 is 0 Å². The first-order valence-electron chi connectivity index (χ1n) is 6.78. The smallest absolute Gasteiger partial charge is 0.268 e. The van der Waals surface area contributed by atoms with Gasteiger partial charge in [0.2, 0.25) is 0 Å². The average molecular weight is 298 g/mol. The molecule has 0 saturated heterocycles. The van der Waals surface area contributed by atoms with Crippen LogP contribution in [-0.4, -0.2) is 3.96 Å². The van der Waals surface area contributed by atoms with Crippen molar-refractivity contribution in [1.29, 1.82) is 0 Å². The van der Waals surface area contributed by atoms with Gasteiger partial charge in [-0.15, -0.1) is 0 Å². The van der Waals surface area contributed by atoms with E-state index in [1.807, 2.05) is 16.1 Å². The molecule has 0 fully saturated rings. The zero-order valence-corrected chi connectivity index (χ0v) is 13.3. The van der Waals surface area contributed by atoms with E-state index in [2.05, 4.69) is 20.8 Å². The highest BCUT2D eigenvalue weighted by atomic mass is 35.5. The summed E-state index contributed by atoms with van der Waals surface area (Å²) in [6, 6.07) is 5.49. The molecule has 2 rings (SSSR count). The molecule has 0 spiro atoms. The van der Waals surface area contributed by atoms with Crippen LogP contribution in [0.4, 0.5) is 0 Å². The summed E-state index contributed by atoms with van der Waals surface area (Å²) in [5.74, 6) is 0. The predicted molar refractivity (Wildman–Crippen MR) is 84.6 cm³/mol. The Morgan fingerprint density at radius 3 is 2.74 bits per heavy atom. The lowest BCUT2D eigenvalue weighted by molar-refractivity contribution is 0.332. The fourth-order valence-electron chi connectivity index (χ4n) is 2.31. The minimum atomic E-state index is -0.123. The number of unbranched alkanes of at least 4 members (excludes halogenated alkanes) is 2. The maximum Gasteiger partial charge on any atom is 0.269 e. The van der Waals surface area contributed by atoms with E-state index < -0.39 is 0 Å². The summed E-state index contributed by atoms with van der Waals surface area (Å²) in [6.45, 7) is 6.47. The van der Waals surface area contributed by atoms with Crippen molar-refractivity contribution in [1.82, 2.24) is 3.96 Å². The van der Waals surface area contributed by atoms with Gasteiger partial charge in [-0.2, -0.15) is 0 Å². The molecule has 0 aliphatic rings. The van der Waals surface area contributed by atoms with Gasteiger partial charge in [-0.05, 0) is 38.5 Å². The number of hydrogen-bond donors (Lipinski definition) is 0. The molecule has 1 aromatic carbocycles. The second-order valence-electron chi connectivity index (χ2n) is 5.60. The van der Waals surface area contributed by atoms with Crippen LogP contribution in [0.25, 0.3) is 10.1 Å².